The molecule has 3 rings (SSSR count). The highest BCUT2D eigenvalue weighted by Gasteiger charge is 2.16. The van der Waals surface area contributed by atoms with Gasteiger partial charge in [0.2, 0.25) is 5.91 Å². The molecule has 1 heterocycles. The number of sulfone groups is 1. The zero-order valence-electron chi connectivity index (χ0n) is 14.2. The lowest BCUT2D eigenvalue weighted by Gasteiger charge is -2.07. The van der Waals surface area contributed by atoms with E-state index in [1.54, 1.807) is 53.9 Å². The molecular weight excluding hydrogens is 368 g/mol. The molecule has 0 saturated carbocycles. The fourth-order valence-corrected chi connectivity index (χ4v) is 4.26. The van der Waals surface area contributed by atoms with Gasteiger partial charge in [-0.15, -0.1) is 11.3 Å². The molecule has 26 heavy (non-hydrogen) atoms. The van der Waals surface area contributed by atoms with Crippen LogP contribution < -0.4 is 5.32 Å². The number of anilines is 1. The monoisotopic (exact) mass is 386 g/mol. The Morgan fingerprint density at radius 2 is 1.77 bits per heavy atom. The van der Waals surface area contributed by atoms with Gasteiger partial charge in [0.15, 0.2) is 9.84 Å². The van der Waals surface area contributed by atoms with Gasteiger partial charge in [0.05, 0.1) is 10.6 Å². The van der Waals surface area contributed by atoms with Crippen LogP contribution in [0, 0.1) is 6.92 Å². The smallest absolute Gasteiger partial charge is 0.225 e. The van der Waals surface area contributed by atoms with E-state index in [-0.39, 0.29) is 23.0 Å². The van der Waals surface area contributed by atoms with Crippen molar-refractivity contribution >= 4 is 32.8 Å². The lowest BCUT2D eigenvalue weighted by molar-refractivity contribution is -0.115. The van der Waals surface area contributed by atoms with E-state index < -0.39 is 9.84 Å². The molecule has 5 nitrogen and oxygen atoms in total. The summed E-state index contributed by atoms with van der Waals surface area (Å²) in [5, 5.41) is 5.54. The molecule has 134 valence electrons. The third-order valence-corrected chi connectivity index (χ3v) is 6.38. The number of hydrogen-bond acceptors (Lipinski definition) is 5. The number of carbonyl (C=O) groups is 1. The van der Waals surface area contributed by atoms with Gasteiger partial charge in [0.25, 0.3) is 0 Å². The summed E-state index contributed by atoms with van der Waals surface area (Å²) < 4.78 is 24.6. The molecule has 0 fully saturated rings. The van der Waals surface area contributed by atoms with Gasteiger partial charge in [-0.2, -0.15) is 0 Å². The normalized spacial score (nSPS) is 11.3. The first-order valence-electron chi connectivity index (χ1n) is 8.03. The van der Waals surface area contributed by atoms with E-state index in [2.05, 4.69) is 10.3 Å². The predicted octanol–water partition coefficient (Wildman–Crippen LogP) is 3.92. The molecule has 0 aliphatic heterocycles. The number of aromatic nitrogens is 1. The first-order chi connectivity index (χ1) is 12.4. The highest BCUT2D eigenvalue weighted by atomic mass is 32.2. The van der Waals surface area contributed by atoms with Gasteiger partial charge in [0, 0.05) is 29.2 Å². The van der Waals surface area contributed by atoms with Crippen molar-refractivity contribution < 1.29 is 13.2 Å². The fraction of sp³-hybridized carbons (Fsp3) is 0.158. The summed E-state index contributed by atoms with van der Waals surface area (Å²) in [7, 11) is -3.47. The topological polar surface area (TPSA) is 76.1 Å². The molecule has 0 saturated heterocycles. The zero-order valence-corrected chi connectivity index (χ0v) is 15.8. The largest absolute Gasteiger partial charge is 0.326 e. The number of nitrogens with one attached hydrogen (secondary N) is 1. The maximum atomic E-state index is 12.3. The number of amides is 1. The van der Waals surface area contributed by atoms with Crippen molar-refractivity contribution in [3.05, 3.63) is 65.7 Å². The SMILES string of the molecule is Cc1ccc(S(=O)(=O)CCC(=O)Nc2ccc(-c3nccs3)cc2)cc1. The standard InChI is InChI=1S/C19H18N2O3S2/c1-14-2-8-17(9-3-14)26(23,24)13-10-18(22)21-16-6-4-15(5-7-16)19-20-11-12-25-19/h2-9,11-12H,10,13H2,1H3,(H,21,22). The van der Waals surface area contributed by atoms with E-state index in [1.165, 1.54) is 0 Å². The summed E-state index contributed by atoms with van der Waals surface area (Å²) in [5.41, 5.74) is 2.59. The Morgan fingerprint density at radius 1 is 1.08 bits per heavy atom. The molecule has 0 atom stereocenters. The minimum absolute atomic E-state index is 0.0928. The lowest BCUT2D eigenvalue weighted by atomic mass is 10.2. The molecule has 0 aliphatic rings. The van der Waals surface area contributed by atoms with Crippen molar-refractivity contribution in [3.63, 3.8) is 0 Å². The first kappa shape index (κ1) is 18.3. The number of rotatable bonds is 6. The van der Waals surface area contributed by atoms with Crippen LogP contribution in [0.2, 0.25) is 0 Å². The Hall–Kier alpha value is -2.51. The molecule has 0 spiro atoms. The van der Waals surface area contributed by atoms with Crippen LogP contribution >= 0.6 is 11.3 Å². The molecule has 0 unspecified atom stereocenters. The maximum Gasteiger partial charge on any atom is 0.225 e. The number of aryl methyl sites for hydroxylation is 1. The Labute approximate surface area is 156 Å². The highest BCUT2D eigenvalue weighted by molar-refractivity contribution is 7.91. The van der Waals surface area contributed by atoms with Crippen molar-refractivity contribution in [1.29, 1.82) is 0 Å². The van der Waals surface area contributed by atoms with E-state index in [0.717, 1.165) is 16.1 Å². The van der Waals surface area contributed by atoms with Gasteiger partial charge in [-0.3, -0.25) is 4.79 Å². The quantitative estimate of drug-likeness (QED) is 0.697. The second-order valence-corrected chi connectivity index (χ2v) is 8.85. The van der Waals surface area contributed by atoms with Crippen LogP contribution in [0.1, 0.15) is 12.0 Å². The predicted molar refractivity (Wildman–Crippen MR) is 104 cm³/mol. The molecular formula is C19H18N2O3S2. The Kier molecular flexibility index (Phi) is 5.49. The van der Waals surface area contributed by atoms with Crippen molar-refractivity contribution in [2.75, 3.05) is 11.1 Å². The molecule has 1 aromatic heterocycles. The highest BCUT2D eigenvalue weighted by Crippen LogP contribution is 2.23. The fourth-order valence-electron chi connectivity index (χ4n) is 2.38. The van der Waals surface area contributed by atoms with E-state index in [0.29, 0.717) is 5.69 Å². The van der Waals surface area contributed by atoms with E-state index in [9.17, 15) is 13.2 Å². The molecule has 7 heteroatoms. The van der Waals surface area contributed by atoms with E-state index >= 15 is 0 Å². The average molecular weight is 386 g/mol. The van der Waals surface area contributed by atoms with Crippen LogP contribution in [0.5, 0.6) is 0 Å². The number of nitrogens with zero attached hydrogens (tertiary/aromatic N) is 1. The van der Waals surface area contributed by atoms with Crippen LogP contribution in [-0.4, -0.2) is 25.1 Å². The second-order valence-electron chi connectivity index (χ2n) is 5.84. The Bertz CT molecular complexity index is 978. The maximum absolute atomic E-state index is 12.3. The van der Waals surface area contributed by atoms with Crippen molar-refractivity contribution in [1.82, 2.24) is 4.98 Å². The third kappa shape index (κ3) is 4.56. The molecule has 3 aromatic rings. The zero-order chi connectivity index (χ0) is 18.6. The summed E-state index contributed by atoms with van der Waals surface area (Å²) in [6.45, 7) is 1.89. The molecule has 0 radical (unpaired) electrons. The third-order valence-electron chi connectivity index (χ3n) is 3.83. The van der Waals surface area contributed by atoms with E-state index in [1.807, 2.05) is 24.4 Å². The summed E-state index contributed by atoms with van der Waals surface area (Å²) in [6, 6.07) is 13.9. The number of thiazole rings is 1. The molecule has 1 amide bonds. The van der Waals surface area contributed by atoms with Crippen molar-refractivity contribution in [2.24, 2.45) is 0 Å². The van der Waals surface area contributed by atoms with Gasteiger partial charge in [-0.05, 0) is 43.3 Å². The lowest BCUT2D eigenvalue weighted by Crippen LogP contribution is -2.17. The van der Waals surface area contributed by atoms with Crippen molar-refractivity contribution in [3.8, 4) is 10.6 Å². The van der Waals surface area contributed by atoms with Gasteiger partial charge in [-0.1, -0.05) is 17.7 Å². The van der Waals surface area contributed by atoms with E-state index in [4.69, 9.17) is 0 Å². The second kappa shape index (κ2) is 7.80. The van der Waals surface area contributed by atoms with Gasteiger partial charge in [0.1, 0.15) is 5.01 Å². The van der Waals surface area contributed by atoms with Crippen LogP contribution in [0.25, 0.3) is 10.6 Å². The summed E-state index contributed by atoms with van der Waals surface area (Å²) in [4.78, 5) is 16.5. The van der Waals surface area contributed by atoms with Crippen LogP contribution in [-0.2, 0) is 14.6 Å². The van der Waals surface area contributed by atoms with Crippen LogP contribution in [0.15, 0.2) is 65.0 Å². The molecule has 0 aliphatic carbocycles. The van der Waals surface area contributed by atoms with Gasteiger partial charge in [-0.25, -0.2) is 13.4 Å². The molecule has 2 aromatic carbocycles. The molecule has 1 N–H and O–H groups in total. The summed E-state index contributed by atoms with van der Waals surface area (Å²) in [5.74, 6) is -0.554. The number of hydrogen-bond donors (Lipinski definition) is 1. The summed E-state index contributed by atoms with van der Waals surface area (Å²) in [6.07, 6.45) is 1.65. The van der Waals surface area contributed by atoms with Gasteiger partial charge < -0.3 is 5.32 Å². The van der Waals surface area contributed by atoms with Crippen molar-refractivity contribution in [2.45, 2.75) is 18.2 Å². The number of carbonyl (C=O) groups excluding carboxylic acids is 1. The first-order valence-corrected chi connectivity index (χ1v) is 10.6. The summed E-state index contributed by atoms with van der Waals surface area (Å²) >= 11 is 1.54. The van der Waals surface area contributed by atoms with Gasteiger partial charge >= 0.3 is 0 Å². The Balaban J connectivity index is 1.58. The Morgan fingerprint density at radius 3 is 2.38 bits per heavy atom. The minimum Gasteiger partial charge on any atom is -0.326 e. The average Bonchev–Trinajstić information content (AvgIpc) is 3.16. The van der Waals surface area contributed by atoms with Crippen LogP contribution in [0.4, 0.5) is 5.69 Å². The molecule has 0 bridgehead atoms. The number of benzene rings is 2. The minimum atomic E-state index is -3.47. The van der Waals surface area contributed by atoms with Crippen LogP contribution in [0.3, 0.4) is 0 Å².